The van der Waals surface area contributed by atoms with Crippen LogP contribution in [0.25, 0.3) is 0 Å². The van der Waals surface area contributed by atoms with Crippen LogP contribution in [0.3, 0.4) is 0 Å². The van der Waals surface area contributed by atoms with E-state index < -0.39 is 28.5 Å². The smallest absolute Gasteiger partial charge is 0.410 e. The van der Waals surface area contributed by atoms with Crippen molar-refractivity contribution >= 4 is 17.7 Å². The number of ether oxygens (including phenoxy) is 1. The van der Waals surface area contributed by atoms with Gasteiger partial charge >= 0.3 is 12.1 Å². The third-order valence-electron chi connectivity index (χ3n) is 4.34. The van der Waals surface area contributed by atoms with E-state index >= 15 is 0 Å². The summed E-state index contributed by atoms with van der Waals surface area (Å²) < 4.78 is 5.34. The number of carboxylic acid groups (broad SMARTS) is 1. The summed E-state index contributed by atoms with van der Waals surface area (Å²) in [5.74, 6) is -1.91. The van der Waals surface area contributed by atoms with Gasteiger partial charge in [0.15, 0.2) is 0 Å². The molecule has 0 aliphatic carbocycles. The number of hydrogen-bond donors (Lipinski definition) is 1. The largest absolute Gasteiger partial charge is 0.481 e. The molecular formula is C18H24N2O6. The van der Waals surface area contributed by atoms with Crippen molar-refractivity contribution in [1.82, 2.24) is 4.90 Å². The maximum Gasteiger partial charge on any atom is 0.410 e. The summed E-state index contributed by atoms with van der Waals surface area (Å²) in [5.41, 5.74) is -0.0691. The predicted molar refractivity (Wildman–Crippen MR) is 93.8 cm³/mol. The van der Waals surface area contributed by atoms with Gasteiger partial charge in [-0.3, -0.25) is 14.9 Å². The van der Waals surface area contributed by atoms with Crippen molar-refractivity contribution < 1.29 is 24.4 Å². The number of nitro groups is 1. The van der Waals surface area contributed by atoms with Crippen LogP contribution in [-0.2, 0) is 16.0 Å². The van der Waals surface area contributed by atoms with E-state index in [1.54, 1.807) is 32.9 Å². The minimum absolute atomic E-state index is 0.0616. The number of nitrogens with zero attached hydrogens (tertiary/aromatic N) is 2. The topological polar surface area (TPSA) is 110 Å². The van der Waals surface area contributed by atoms with Gasteiger partial charge < -0.3 is 14.7 Å². The van der Waals surface area contributed by atoms with Crippen molar-refractivity contribution in [2.24, 2.45) is 11.8 Å². The fourth-order valence-electron chi connectivity index (χ4n) is 3.11. The van der Waals surface area contributed by atoms with Crippen LogP contribution in [0.2, 0.25) is 0 Å². The first kappa shape index (κ1) is 19.7. The maximum absolute atomic E-state index is 12.2. The van der Waals surface area contributed by atoms with Crippen molar-refractivity contribution in [3.8, 4) is 0 Å². The number of amides is 1. The molecule has 1 fully saturated rings. The molecule has 1 heterocycles. The van der Waals surface area contributed by atoms with Crippen molar-refractivity contribution in [2.75, 3.05) is 13.1 Å². The quantitative estimate of drug-likeness (QED) is 0.635. The third-order valence-corrected chi connectivity index (χ3v) is 4.34. The number of nitro benzene ring substituents is 1. The SMILES string of the molecule is CC(C)(C)OC(=O)N1CCC(C(Cc2cccc([N+](=O)[O-])c2)C(=O)O)C1. The molecule has 1 amide bonds. The molecule has 1 N–H and O–H groups in total. The number of carboxylic acids is 1. The van der Waals surface area contributed by atoms with Crippen molar-refractivity contribution in [1.29, 1.82) is 0 Å². The van der Waals surface area contributed by atoms with E-state index in [2.05, 4.69) is 0 Å². The van der Waals surface area contributed by atoms with Gasteiger partial charge in [-0.2, -0.15) is 0 Å². The van der Waals surface area contributed by atoms with E-state index in [0.29, 0.717) is 25.1 Å². The average molecular weight is 364 g/mol. The first-order chi connectivity index (χ1) is 12.1. The van der Waals surface area contributed by atoms with Gasteiger partial charge in [0.1, 0.15) is 5.60 Å². The molecule has 1 aromatic rings. The van der Waals surface area contributed by atoms with Crippen LogP contribution in [0.4, 0.5) is 10.5 Å². The van der Waals surface area contributed by atoms with Crippen LogP contribution in [0.5, 0.6) is 0 Å². The first-order valence-corrected chi connectivity index (χ1v) is 8.51. The van der Waals surface area contributed by atoms with Crippen molar-refractivity contribution in [3.05, 3.63) is 39.9 Å². The first-order valence-electron chi connectivity index (χ1n) is 8.51. The van der Waals surface area contributed by atoms with Gasteiger partial charge in [-0.05, 0) is 45.1 Å². The molecule has 142 valence electrons. The number of hydrogen-bond acceptors (Lipinski definition) is 5. The lowest BCUT2D eigenvalue weighted by molar-refractivity contribution is -0.384. The highest BCUT2D eigenvalue weighted by Crippen LogP contribution is 2.29. The number of non-ortho nitro benzene ring substituents is 1. The highest BCUT2D eigenvalue weighted by atomic mass is 16.6. The zero-order chi connectivity index (χ0) is 19.5. The van der Waals surface area contributed by atoms with Crippen LogP contribution >= 0.6 is 0 Å². The summed E-state index contributed by atoms with van der Waals surface area (Å²) >= 11 is 0. The summed E-state index contributed by atoms with van der Waals surface area (Å²) in [4.78, 5) is 35.8. The van der Waals surface area contributed by atoms with Crippen molar-refractivity contribution in [2.45, 2.75) is 39.2 Å². The van der Waals surface area contributed by atoms with Crippen LogP contribution in [-0.4, -0.2) is 45.7 Å². The Kier molecular flexibility index (Phi) is 5.84. The summed E-state index contributed by atoms with van der Waals surface area (Å²) in [6, 6.07) is 6.01. The van der Waals surface area contributed by atoms with Gasteiger partial charge in [-0.1, -0.05) is 12.1 Å². The summed E-state index contributed by atoms with van der Waals surface area (Å²) in [7, 11) is 0. The molecular weight excluding hydrogens is 340 g/mol. The fraction of sp³-hybridized carbons (Fsp3) is 0.556. The molecule has 1 aliphatic heterocycles. The van der Waals surface area contributed by atoms with Gasteiger partial charge in [0.05, 0.1) is 10.8 Å². The second-order valence-electron chi connectivity index (χ2n) is 7.55. The standard InChI is InChI=1S/C18H24N2O6/c1-18(2,3)26-17(23)19-8-7-13(11-19)15(16(21)22)10-12-5-4-6-14(9-12)20(24)25/h4-6,9,13,15H,7-8,10-11H2,1-3H3,(H,21,22). The molecule has 8 nitrogen and oxygen atoms in total. The van der Waals surface area contributed by atoms with Crippen LogP contribution < -0.4 is 0 Å². The predicted octanol–water partition coefficient (Wildman–Crippen LogP) is 3.10. The van der Waals surface area contributed by atoms with E-state index in [1.165, 1.54) is 17.0 Å². The zero-order valence-corrected chi connectivity index (χ0v) is 15.2. The molecule has 2 atom stereocenters. The molecule has 0 spiro atoms. The minimum Gasteiger partial charge on any atom is -0.481 e. The molecule has 2 unspecified atom stereocenters. The van der Waals surface area contributed by atoms with Crippen LogP contribution in [0.1, 0.15) is 32.8 Å². The molecule has 26 heavy (non-hydrogen) atoms. The number of carbonyl (C=O) groups excluding carboxylic acids is 1. The van der Waals surface area contributed by atoms with E-state index in [4.69, 9.17) is 4.74 Å². The molecule has 0 saturated carbocycles. The van der Waals surface area contributed by atoms with E-state index in [0.717, 1.165) is 0 Å². The Morgan fingerprint density at radius 1 is 1.42 bits per heavy atom. The Morgan fingerprint density at radius 3 is 2.69 bits per heavy atom. The zero-order valence-electron chi connectivity index (χ0n) is 15.2. The Bertz CT molecular complexity index is 697. The molecule has 1 aliphatic rings. The van der Waals surface area contributed by atoms with E-state index in [9.17, 15) is 24.8 Å². The number of aliphatic carboxylic acids is 1. The lowest BCUT2D eigenvalue weighted by atomic mass is 9.86. The van der Waals surface area contributed by atoms with Crippen LogP contribution in [0.15, 0.2) is 24.3 Å². The molecule has 8 heteroatoms. The highest BCUT2D eigenvalue weighted by Gasteiger charge is 2.37. The highest BCUT2D eigenvalue weighted by molar-refractivity contribution is 5.72. The number of benzene rings is 1. The number of likely N-dealkylation sites (tertiary alicyclic amines) is 1. The third kappa shape index (κ3) is 5.18. The molecule has 2 rings (SSSR count). The monoisotopic (exact) mass is 364 g/mol. The normalized spacial score (nSPS) is 18.4. The number of carbonyl (C=O) groups is 2. The molecule has 0 aromatic heterocycles. The second kappa shape index (κ2) is 7.72. The summed E-state index contributed by atoms with van der Waals surface area (Å²) in [6.07, 6.45) is 0.300. The van der Waals surface area contributed by atoms with Gasteiger partial charge in [-0.15, -0.1) is 0 Å². The van der Waals surface area contributed by atoms with Gasteiger partial charge in [0, 0.05) is 25.2 Å². The lowest BCUT2D eigenvalue weighted by Crippen LogP contribution is -2.36. The molecule has 0 bridgehead atoms. The molecule has 0 radical (unpaired) electrons. The van der Waals surface area contributed by atoms with E-state index in [-0.39, 0.29) is 18.0 Å². The Labute approximate surface area is 151 Å². The van der Waals surface area contributed by atoms with Gasteiger partial charge in [-0.25, -0.2) is 4.79 Å². The summed E-state index contributed by atoms with van der Waals surface area (Å²) in [5, 5.41) is 20.5. The van der Waals surface area contributed by atoms with Crippen LogP contribution in [0, 0.1) is 22.0 Å². The average Bonchev–Trinajstić information content (AvgIpc) is 3.00. The number of rotatable bonds is 5. The van der Waals surface area contributed by atoms with Gasteiger partial charge in [0.25, 0.3) is 5.69 Å². The Hall–Kier alpha value is -2.64. The van der Waals surface area contributed by atoms with E-state index in [1.807, 2.05) is 0 Å². The molecule has 1 aromatic carbocycles. The fourth-order valence-corrected chi connectivity index (χ4v) is 3.11. The second-order valence-corrected chi connectivity index (χ2v) is 7.55. The Morgan fingerprint density at radius 2 is 2.12 bits per heavy atom. The van der Waals surface area contributed by atoms with Crippen molar-refractivity contribution in [3.63, 3.8) is 0 Å². The summed E-state index contributed by atoms with van der Waals surface area (Å²) in [6.45, 7) is 6.08. The maximum atomic E-state index is 12.2. The molecule has 1 saturated heterocycles. The lowest BCUT2D eigenvalue weighted by Gasteiger charge is -2.25. The van der Waals surface area contributed by atoms with Gasteiger partial charge in [0.2, 0.25) is 0 Å². The Balaban J connectivity index is 2.07. The minimum atomic E-state index is -0.965.